The zero-order valence-electron chi connectivity index (χ0n) is 9.17. The summed E-state index contributed by atoms with van der Waals surface area (Å²) in [7, 11) is 0. The first-order valence-corrected chi connectivity index (χ1v) is 4.79. The molecule has 100 valence electrons. The summed E-state index contributed by atoms with van der Waals surface area (Å²) in [5.74, 6) is -2.15. The van der Waals surface area contributed by atoms with Gasteiger partial charge < -0.3 is 15.5 Å². The molecule has 0 aliphatic rings. The summed E-state index contributed by atoms with van der Waals surface area (Å²) in [6.45, 7) is 0.765. The van der Waals surface area contributed by atoms with E-state index in [1.807, 2.05) is 5.32 Å². The average molecular weight is 257 g/mol. The lowest BCUT2D eigenvalue weighted by Gasteiger charge is -2.21. The number of aliphatic carboxylic acids is 1. The molecular formula is C9H14F3NO4. The molecule has 0 spiro atoms. The molecule has 3 N–H and O–H groups in total. The van der Waals surface area contributed by atoms with Crippen LogP contribution in [0.1, 0.15) is 26.2 Å². The van der Waals surface area contributed by atoms with E-state index in [4.69, 9.17) is 5.11 Å². The Bertz CT molecular complexity index is 288. The van der Waals surface area contributed by atoms with Crippen molar-refractivity contribution in [3.8, 4) is 0 Å². The van der Waals surface area contributed by atoms with Gasteiger partial charge in [-0.3, -0.25) is 9.59 Å². The van der Waals surface area contributed by atoms with Crippen molar-refractivity contribution in [1.82, 2.24) is 5.32 Å². The number of carboxylic acids is 1. The first-order valence-electron chi connectivity index (χ1n) is 4.79. The van der Waals surface area contributed by atoms with Gasteiger partial charge in [0.1, 0.15) is 0 Å². The summed E-state index contributed by atoms with van der Waals surface area (Å²) in [6, 6.07) is 0. The molecule has 1 amide bonds. The van der Waals surface area contributed by atoms with Crippen molar-refractivity contribution >= 4 is 11.9 Å². The van der Waals surface area contributed by atoms with Gasteiger partial charge in [0, 0.05) is 13.0 Å². The SMILES string of the molecule is CC(O)(CNC(=O)CCC(F)(F)F)CC(=O)O. The third-order valence-electron chi connectivity index (χ3n) is 1.83. The number of rotatable bonds is 6. The third-order valence-corrected chi connectivity index (χ3v) is 1.83. The number of aliphatic hydroxyl groups is 1. The maximum atomic E-state index is 11.8. The van der Waals surface area contributed by atoms with Crippen LogP contribution in [0.3, 0.4) is 0 Å². The van der Waals surface area contributed by atoms with Crippen molar-refractivity contribution in [2.45, 2.75) is 38.0 Å². The van der Waals surface area contributed by atoms with Gasteiger partial charge in [0.05, 0.1) is 18.4 Å². The number of carbonyl (C=O) groups excluding carboxylic acids is 1. The number of halogens is 3. The highest BCUT2D eigenvalue weighted by Crippen LogP contribution is 2.21. The molecule has 0 aliphatic heterocycles. The number of amides is 1. The lowest BCUT2D eigenvalue weighted by atomic mass is 10.0. The van der Waals surface area contributed by atoms with Gasteiger partial charge in [-0.1, -0.05) is 0 Å². The molecule has 0 bridgehead atoms. The predicted molar refractivity (Wildman–Crippen MR) is 51.2 cm³/mol. The quantitative estimate of drug-likeness (QED) is 0.652. The highest BCUT2D eigenvalue weighted by atomic mass is 19.4. The first kappa shape index (κ1) is 15.7. The van der Waals surface area contributed by atoms with Crippen molar-refractivity contribution in [1.29, 1.82) is 0 Å². The van der Waals surface area contributed by atoms with Gasteiger partial charge in [0.2, 0.25) is 5.91 Å². The average Bonchev–Trinajstić information content (AvgIpc) is 2.08. The minimum atomic E-state index is -4.42. The number of carboxylic acid groups (broad SMARTS) is 1. The fraction of sp³-hybridized carbons (Fsp3) is 0.778. The second-order valence-electron chi connectivity index (χ2n) is 3.96. The lowest BCUT2D eigenvalue weighted by molar-refractivity contribution is -0.145. The van der Waals surface area contributed by atoms with Crippen LogP contribution >= 0.6 is 0 Å². The van der Waals surface area contributed by atoms with Gasteiger partial charge >= 0.3 is 12.1 Å². The molecule has 0 saturated carbocycles. The Morgan fingerprint density at radius 3 is 2.24 bits per heavy atom. The van der Waals surface area contributed by atoms with Crippen LogP contribution in [0.25, 0.3) is 0 Å². The van der Waals surface area contributed by atoms with Gasteiger partial charge in [-0.2, -0.15) is 13.2 Å². The van der Waals surface area contributed by atoms with Crippen LogP contribution < -0.4 is 5.32 Å². The third kappa shape index (κ3) is 9.61. The van der Waals surface area contributed by atoms with E-state index in [0.29, 0.717) is 0 Å². The molecule has 0 heterocycles. The Hall–Kier alpha value is -1.31. The van der Waals surface area contributed by atoms with Crippen molar-refractivity contribution in [3.05, 3.63) is 0 Å². The maximum absolute atomic E-state index is 11.8. The summed E-state index contributed by atoms with van der Waals surface area (Å²) in [5, 5.41) is 19.9. The first-order chi connectivity index (χ1) is 7.52. The normalized spacial score (nSPS) is 15.1. The molecular weight excluding hydrogens is 243 g/mol. The number of nitrogens with one attached hydrogen (secondary N) is 1. The lowest BCUT2D eigenvalue weighted by Crippen LogP contribution is -2.42. The number of hydrogen-bond acceptors (Lipinski definition) is 3. The molecule has 0 aromatic carbocycles. The summed E-state index contributed by atoms with van der Waals surface area (Å²) in [6.07, 6.45) is -7.01. The van der Waals surface area contributed by atoms with Crippen molar-refractivity contribution < 1.29 is 33.0 Å². The Morgan fingerprint density at radius 2 is 1.82 bits per heavy atom. The zero-order chi connectivity index (χ0) is 13.7. The number of hydrogen-bond donors (Lipinski definition) is 3. The zero-order valence-corrected chi connectivity index (χ0v) is 9.17. The van der Waals surface area contributed by atoms with Crippen LogP contribution in [0.15, 0.2) is 0 Å². The van der Waals surface area contributed by atoms with Crippen LogP contribution in [0.4, 0.5) is 13.2 Å². The van der Waals surface area contributed by atoms with E-state index in [0.717, 1.165) is 0 Å². The molecule has 5 nitrogen and oxygen atoms in total. The predicted octanol–water partition coefficient (Wildman–Crippen LogP) is 0.671. The minimum absolute atomic E-state index is 0.407. The van der Waals surface area contributed by atoms with Gasteiger partial charge in [0.15, 0.2) is 0 Å². The highest BCUT2D eigenvalue weighted by Gasteiger charge is 2.29. The molecule has 0 aromatic heterocycles. The summed E-state index contributed by atoms with van der Waals surface area (Å²) < 4.78 is 35.3. The van der Waals surface area contributed by atoms with Crippen LogP contribution in [-0.2, 0) is 9.59 Å². The standard InChI is InChI=1S/C9H14F3NO4/c1-8(17,4-7(15)16)5-13-6(14)2-3-9(10,11)12/h17H,2-5H2,1H3,(H,13,14)(H,15,16). The topological polar surface area (TPSA) is 86.6 Å². The van der Waals surface area contributed by atoms with E-state index in [1.54, 1.807) is 0 Å². The Labute approximate surface area is 95.6 Å². The molecule has 17 heavy (non-hydrogen) atoms. The van der Waals surface area contributed by atoms with Crippen LogP contribution in [0.5, 0.6) is 0 Å². The fourth-order valence-electron chi connectivity index (χ4n) is 1.02. The number of alkyl halides is 3. The molecule has 0 rings (SSSR count). The Balaban J connectivity index is 3.95. The summed E-state index contributed by atoms with van der Waals surface area (Å²) >= 11 is 0. The number of carbonyl (C=O) groups is 2. The second-order valence-corrected chi connectivity index (χ2v) is 3.96. The van der Waals surface area contributed by atoms with E-state index in [-0.39, 0.29) is 0 Å². The molecule has 1 atom stereocenters. The molecule has 0 fully saturated rings. The Kier molecular flexibility index (Phi) is 5.40. The Morgan fingerprint density at radius 1 is 1.29 bits per heavy atom. The van der Waals surface area contributed by atoms with Gasteiger partial charge in [-0.05, 0) is 6.92 Å². The van der Waals surface area contributed by atoms with Gasteiger partial charge in [0.25, 0.3) is 0 Å². The van der Waals surface area contributed by atoms with E-state index in [1.165, 1.54) is 6.92 Å². The minimum Gasteiger partial charge on any atom is -0.481 e. The summed E-state index contributed by atoms with van der Waals surface area (Å²) in [4.78, 5) is 21.2. The summed E-state index contributed by atoms with van der Waals surface area (Å²) in [5.41, 5.74) is -1.68. The van der Waals surface area contributed by atoms with E-state index >= 15 is 0 Å². The van der Waals surface area contributed by atoms with Crippen molar-refractivity contribution in [3.63, 3.8) is 0 Å². The largest absolute Gasteiger partial charge is 0.481 e. The molecule has 8 heteroatoms. The van der Waals surface area contributed by atoms with Gasteiger partial charge in [-0.15, -0.1) is 0 Å². The van der Waals surface area contributed by atoms with Crippen molar-refractivity contribution in [2.24, 2.45) is 0 Å². The fourth-order valence-corrected chi connectivity index (χ4v) is 1.02. The molecule has 0 radical (unpaired) electrons. The molecule has 0 saturated heterocycles. The van der Waals surface area contributed by atoms with Crippen LogP contribution in [-0.4, -0.2) is 40.4 Å². The van der Waals surface area contributed by atoms with Crippen molar-refractivity contribution in [2.75, 3.05) is 6.54 Å². The van der Waals surface area contributed by atoms with E-state index in [9.17, 15) is 27.9 Å². The maximum Gasteiger partial charge on any atom is 0.389 e. The molecule has 0 aliphatic carbocycles. The van der Waals surface area contributed by atoms with Crippen LogP contribution in [0.2, 0.25) is 0 Å². The molecule has 0 aromatic rings. The smallest absolute Gasteiger partial charge is 0.389 e. The molecule has 1 unspecified atom stereocenters. The van der Waals surface area contributed by atoms with E-state index < -0.39 is 49.5 Å². The second kappa shape index (κ2) is 5.85. The highest BCUT2D eigenvalue weighted by molar-refractivity contribution is 5.76. The van der Waals surface area contributed by atoms with Gasteiger partial charge in [-0.25, -0.2) is 0 Å². The monoisotopic (exact) mass is 257 g/mol. The van der Waals surface area contributed by atoms with E-state index in [2.05, 4.69) is 0 Å². The van der Waals surface area contributed by atoms with Crippen LogP contribution in [0, 0.1) is 0 Å².